The second-order valence-corrected chi connectivity index (χ2v) is 7.64. The topological polar surface area (TPSA) is 34.1 Å². The van der Waals surface area contributed by atoms with Crippen LogP contribution < -0.4 is 5.32 Å². The summed E-state index contributed by atoms with van der Waals surface area (Å²) in [5.74, 6) is 1.31. The Kier molecular flexibility index (Phi) is 8.01. The largest absolute Gasteiger partial charge is 0.403 e. The first-order valence-electron chi connectivity index (χ1n) is 9.80. The smallest absolute Gasteiger partial charge is 0.356 e. The van der Waals surface area contributed by atoms with Gasteiger partial charge in [0.1, 0.15) is 6.04 Å². The van der Waals surface area contributed by atoms with Crippen molar-refractivity contribution in [2.45, 2.75) is 45.3 Å². The quantitative estimate of drug-likeness (QED) is 0.589. The lowest BCUT2D eigenvalue weighted by molar-refractivity contribution is -0.181. The molecule has 1 N–H and O–H groups in total. The lowest BCUT2D eigenvalue weighted by Gasteiger charge is -2.40. The van der Waals surface area contributed by atoms with Gasteiger partial charge in [0.15, 0.2) is 5.96 Å². The molecule has 152 valence electrons. The van der Waals surface area contributed by atoms with Crippen molar-refractivity contribution in [3.63, 3.8) is 0 Å². The number of guanidine groups is 1. The standard InChI is InChI=1S/C18H34F3N5/c1-15(14-24-7-5-4-6-8-24)13-23-17(22-3)26-11-9-25(10-12-26)16(2)18(19,20)21/h15-16H,4-14H2,1-3H3,(H,22,23). The molecule has 2 unspecified atom stereocenters. The maximum absolute atomic E-state index is 12.9. The number of nitrogens with one attached hydrogen (secondary N) is 1. The number of piperidine rings is 1. The molecule has 0 radical (unpaired) electrons. The highest BCUT2D eigenvalue weighted by molar-refractivity contribution is 5.80. The number of likely N-dealkylation sites (tertiary alicyclic amines) is 1. The van der Waals surface area contributed by atoms with E-state index >= 15 is 0 Å². The van der Waals surface area contributed by atoms with Crippen LogP contribution in [0, 0.1) is 5.92 Å². The fourth-order valence-electron chi connectivity index (χ4n) is 3.77. The summed E-state index contributed by atoms with van der Waals surface area (Å²) in [6, 6.07) is -1.39. The minimum absolute atomic E-state index is 0.407. The third-order valence-corrected chi connectivity index (χ3v) is 5.47. The SMILES string of the molecule is CN=C(NCC(C)CN1CCCCC1)N1CCN(C(C)C(F)(F)F)CC1. The van der Waals surface area contributed by atoms with E-state index in [0.717, 1.165) is 19.0 Å². The van der Waals surface area contributed by atoms with Crippen LogP contribution in [0.4, 0.5) is 13.2 Å². The maximum Gasteiger partial charge on any atom is 0.403 e. The minimum atomic E-state index is -4.16. The van der Waals surface area contributed by atoms with Crippen molar-refractivity contribution in [3.8, 4) is 0 Å². The lowest BCUT2D eigenvalue weighted by Crippen LogP contribution is -2.57. The molecule has 2 aliphatic rings. The van der Waals surface area contributed by atoms with Gasteiger partial charge in [-0.3, -0.25) is 9.89 Å². The molecular formula is C18H34F3N5. The van der Waals surface area contributed by atoms with Gasteiger partial charge in [-0.25, -0.2) is 0 Å². The van der Waals surface area contributed by atoms with Gasteiger partial charge < -0.3 is 15.1 Å². The predicted octanol–water partition coefficient (Wildman–Crippen LogP) is 2.25. The summed E-state index contributed by atoms with van der Waals surface area (Å²) in [4.78, 5) is 10.4. The number of hydrogen-bond acceptors (Lipinski definition) is 3. The molecule has 0 saturated carbocycles. The zero-order chi connectivity index (χ0) is 19.2. The van der Waals surface area contributed by atoms with E-state index in [-0.39, 0.29) is 0 Å². The summed E-state index contributed by atoms with van der Waals surface area (Å²) in [6.45, 7) is 9.74. The molecule has 2 fully saturated rings. The van der Waals surface area contributed by atoms with E-state index in [1.54, 1.807) is 7.05 Å². The van der Waals surface area contributed by atoms with Crippen LogP contribution in [0.25, 0.3) is 0 Å². The summed E-state index contributed by atoms with van der Waals surface area (Å²) in [6.07, 6.45) is -0.231. The van der Waals surface area contributed by atoms with Crippen molar-refractivity contribution in [1.29, 1.82) is 0 Å². The van der Waals surface area contributed by atoms with E-state index in [9.17, 15) is 13.2 Å². The minimum Gasteiger partial charge on any atom is -0.356 e. The Bertz CT molecular complexity index is 441. The molecule has 2 saturated heterocycles. The molecule has 0 bridgehead atoms. The Morgan fingerprint density at radius 2 is 1.62 bits per heavy atom. The molecule has 8 heteroatoms. The first kappa shape index (κ1) is 21.3. The molecule has 2 rings (SSSR count). The van der Waals surface area contributed by atoms with E-state index in [4.69, 9.17) is 0 Å². The van der Waals surface area contributed by atoms with Gasteiger partial charge in [0.25, 0.3) is 0 Å². The van der Waals surface area contributed by atoms with Crippen LogP contribution >= 0.6 is 0 Å². The highest BCUT2D eigenvalue weighted by Gasteiger charge is 2.41. The zero-order valence-corrected chi connectivity index (χ0v) is 16.4. The average Bonchev–Trinajstić information content (AvgIpc) is 2.62. The van der Waals surface area contributed by atoms with Crippen LogP contribution in [0.2, 0.25) is 0 Å². The van der Waals surface area contributed by atoms with Gasteiger partial charge >= 0.3 is 6.18 Å². The fraction of sp³-hybridized carbons (Fsp3) is 0.944. The van der Waals surface area contributed by atoms with Gasteiger partial charge in [-0.2, -0.15) is 13.2 Å². The van der Waals surface area contributed by atoms with Gasteiger partial charge in [-0.15, -0.1) is 0 Å². The Morgan fingerprint density at radius 3 is 2.15 bits per heavy atom. The number of aliphatic imine (C=N–C) groups is 1. The van der Waals surface area contributed by atoms with E-state index in [1.807, 2.05) is 0 Å². The third-order valence-electron chi connectivity index (χ3n) is 5.47. The molecule has 0 spiro atoms. The molecule has 0 amide bonds. The van der Waals surface area contributed by atoms with Crippen molar-refractivity contribution in [3.05, 3.63) is 0 Å². The van der Waals surface area contributed by atoms with Crippen molar-refractivity contribution in [2.24, 2.45) is 10.9 Å². The summed E-state index contributed by atoms with van der Waals surface area (Å²) < 4.78 is 38.6. The van der Waals surface area contributed by atoms with Crippen molar-refractivity contribution in [1.82, 2.24) is 20.0 Å². The van der Waals surface area contributed by atoms with Crippen LogP contribution in [0.3, 0.4) is 0 Å². The number of halogens is 3. The van der Waals surface area contributed by atoms with Crippen LogP contribution in [0.1, 0.15) is 33.1 Å². The zero-order valence-electron chi connectivity index (χ0n) is 16.4. The Labute approximate surface area is 155 Å². The van der Waals surface area contributed by atoms with Crippen molar-refractivity contribution < 1.29 is 13.2 Å². The van der Waals surface area contributed by atoms with Crippen molar-refractivity contribution in [2.75, 3.05) is 59.4 Å². The van der Waals surface area contributed by atoms with Crippen LogP contribution in [0.5, 0.6) is 0 Å². The average molecular weight is 377 g/mol. The molecule has 0 aromatic carbocycles. The maximum atomic E-state index is 12.9. The second kappa shape index (κ2) is 9.78. The summed E-state index contributed by atoms with van der Waals surface area (Å²) >= 11 is 0. The molecule has 0 aromatic heterocycles. The number of rotatable bonds is 5. The molecule has 0 aliphatic carbocycles. The van der Waals surface area contributed by atoms with Gasteiger partial charge in [-0.1, -0.05) is 13.3 Å². The molecule has 5 nitrogen and oxygen atoms in total. The monoisotopic (exact) mass is 377 g/mol. The number of nitrogens with zero attached hydrogens (tertiary/aromatic N) is 4. The van der Waals surface area contributed by atoms with Gasteiger partial charge in [0.2, 0.25) is 0 Å². The molecule has 2 heterocycles. The predicted molar refractivity (Wildman–Crippen MR) is 99.5 cm³/mol. The second-order valence-electron chi connectivity index (χ2n) is 7.64. The molecule has 2 atom stereocenters. The van der Waals surface area contributed by atoms with E-state index in [0.29, 0.717) is 32.1 Å². The number of hydrogen-bond donors (Lipinski definition) is 1. The molecule has 2 aliphatic heterocycles. The highest BCUT2D eigenvalue weighted by atomic mass is 19.4. The lowest BCUT2D eigenvalue weighted by atomic mass is 10.1. The molecular weight excluding hydrogens is 343 g/mol. The van der Waals surface area contributed by atoms with E-state index in [2.05, 4.69) is 27.0 Å². The fourth-order valence-corrected chi connectivity index (χ4v) is 3.77. The van der Waals surface area contributed by atoms with E-state index < -0.39 is 12.2 Å². The van der Waals surface area contributed by atoms with Gasteiger partial charge in [-0.05, 0) is 38.8 Å². The Balaban J connectivity index is 1.73. The van der Waals surface area contributed by atoms with Crippen LogP contribution in [0.15, 0.2) is 4.99 Å². The van der Waals surface area contributed by atoms with Gasteiger partial charge in [0.05, 0.1) is 0 Å². The highest BCUT2D eigenvalue weighted by Crippen LogP contribution is 2.25. The third kappa shape index (κ3) is 6.30. The molecule has 0 aromatic rings. The summed E-state index contributed by atoms with van der Waals surface area (Å²) in [5, 5.41) is 3.41. The van der Waals surface area contributed by atoms with Crippen LogP contribution in [-0.2, 0) is 0 Å². The first-order valence-corrected chi connectivity index (χ1v) is 9.80. The summed E-state index contributed by atoms with van der Waals surface area (Å²) in [5.41, 5.74) is 0. The first-order chi connectivity index (χ1) is 12.3. The number of piperazine rings is 1. The Hall–Kier alpha value is -1.02. The van der Waals surface area contributed by atoms with Gasteiger partial charge in [0, 0.05) is 46.3 Å². The van der Waals surface area contributed by atoms with Crippen molar-refractivity contribution >= 4 is 5.96 Å². The summed E-state index contributed by atoms with van der Waals surface area (Å²) in [7, 11) is 1.74. The number of alkyl halides is 3. The van der Waals surface area contributed by atoms with Crippen LogP contribution in [-0.4, -0.2) is 92.3 Å². The Morgan fingerprint density at radius 1 is 1.00 bits per heavy atom. The molecule has 26 heavy (non-hydrogen) atoms. The van der Waals surface area contributed by atoms with E-state index in [1.165, 1.54) is 44.2 Å². The normalized spacial score (nSPS) is 23.8.